The van der Waals surface area contributed by atoms with Crippen LogP contribution in [0.4, 0.5) is 5.69 Å². The van der Waals surface area contributed by atoms with Crippen LogP contribution in [0.5, 0.6) is 0 Å². The van der Waals surface area contributed by atoms with Crippen molar-refractivity contribution in [2.45, 2.75) is 43.2 Å². The van der Waals surface area contributed by atoms with Crippen molar-refractivity contribution in [3.63, 3.8) is 0 Å². The fourth-order valence-corrected chi connectivity index (χ4v) is 7.34. The highest BCUT2D eigenvalue weighted by Crippen LogP contribution is 2.74. The minimum absolute atomic E-state index is 0.0288. The predicted octanol–water partition coefficient (Wildman–Crippen LogP) is 2.24. The summed E-state index contributed by atoms with van der Waals surface area (Å²) < 4.78 is 17.9. The minimum Gasteiger partial charge on any atom is -0.469 e. The summed E-state index contributed by atoms with van der Waals surface area (Å²) in [6.45, 7) is 3.41. The second-order valence-corrected chi connectivity index (χ2v) is 8.70. The van der Waals surface area contributed by atoms with Gasteiger partial charge in [0.1, 0.15) is 13.0 Å². The van der Waals surface area contributed by atoms with Gasteiger partial charge in [-0.25, -0.2) is 0 Å². The van der Waals surface area contributed by atoms with Crippen LogP contribution in [-0.4, -0.2) is 56.4 Å². The van der Waals surface area contributed by atoms with Crippen molar-refractivity contribution in [2.75, 3.05) is 32.4 Å². The summed E-state index contributed by atoms with van der Waals surface area (Å²) >= 11 is 0. The molecule has 1 aromatic carbocycles. The number of hydrogen-bond acceptors (Lipinski definition) is 6. The van der Waals surface area contributed by atoms with Gasteiger partial charge >= 0.3 is 5.97 Å². The van der Waals surface area contributed by atoms with Crippen LogP contribution in [0.2, 0.25) is 0 Å². The SMILES string of the molecule is C/C=C1\CN2[C@@H]3C[C@@]45c6ccccc6N(COC)[C@]4(O3)[C@@H]2C[C@@H]1[C@H]5C(=O)OC. The maximum Gasteiger partial charge on any atom is 0.310 e. The number of hydrogen-bond donors (Lipinski definition) is 0. The molecule has 148 valence electrons. The molecule has 1 aromatic rings. The Morgan fingerprint density at radius 3 is 2.93 bits per heavy atom. The monoisotopic (exact) mass is 382 g/mol. The van der Waals surface area contributed by atoms with E-state index in [0.717, 1.165) is 25.1 Å². The summed E-state index contributed by atoms with van der Waals surface area (Å²) in [6.07, 6.45) is 3.98. The first kappa shape index (κ1) is 17.0. The van der Waals surface area contributed by atoms with Gasteiger partial charge in [0.15, 0.2) is 5.72 Å². The molecule has 0 unspecified atom stereocenters. The predicted molar refractivity (Wildman–Crippen MR) is 103 cm³/mol. The molecule has 6 heteroatoms. The van der Waals surface area contributed by atoms with Crippen LogP contribution >= 0.6 is 0 Å². The smallest absolute Gasteiger partial charge is 0.310 e. The number of rotatable bonds is 3. The summed E-state index contributed by atoms with van der Waals surface area (Å²) in [5.74, 6) is -0.152. The number of ether oxygens (including phenoxy) is 3. The summed E-state index contributed by atoms with van der Waals surface area (Å²) in [7, 11) is 3.24. The summed E-state index contributed by atoms with van der Waals surface area (Å²) in [5, 5.41) is 0. The molecule has 1 spiro atoms. The Balaban J connectivity index is 1.67. The van der Waals surface area contributed by atoms with Gasteiger partial charge in [-0.1, -0.05) is 29.8 Å². The molecule has 3 saturated heterocycles. The van der Waals surface area contributed by atoms with Crippen LogP contribution in [0.15, 0.2) is 35.9 Å². The van der Waals surface area contributed by atoms with Gasteiger partial charge in [0.25, 0.3) is 0 Å². The molecule has 5 aliphatic rings. The van der Waals surface area contributed by atoms with Gasteiger partial charge in [-0.15, -0.1) is 0 Å². The summed E-state index contributed by atoms with van der Waals surface area (Å²) in [5.41, 5.74) is 2.73. The third-order valence-electron chi connectivity index (χ3n) is 8.09. The van der Waals surface area contributed by atoms with Crippen molar-refractivity contribution in [1.82, 2.24) is 4.90 Å². The molecule has 4 heterocycles. The van der Waals surface area contributed by atoms with Crippen molar-refractivity contribution < 1.29 is 19.0 Å². The Hall–Kier alpha value is -1.89. The number of anilines is 1. The van der Waals surface area contributed by atoms with Crippen molar-refractivity contribution >= 4 is 11.7 Å². The van der Waals surface area contributed by atoms with E-state index in [0.29, 0.717) is 6.73 Å². The van der Waals surface area contributed by atoms with Gasteiger partial charge in [-0.3, -0.25) is 9.69 Å². The van der Waals surface area contributed by atoms with E-state index in [2.05, 4.69) is 47.1 Å². The van der Waals surface area contributed by atoms with Gasteiger partial charge in [0, 0.05) is 25.8 Å². The first-order chi connectivity index (χ1) is 13.6. The van der Waals surface area contributed by atoms with Crippen LogP contribution in [0, 0.1) is 11.8 Å². The maximum atomic E-state index is 13.3. The highest BCUT2D eigenvalue weighted by molar-refractivity contribution is 5.82. The quantitative estimate of drug-likeness (QED) is 0.590. The van der Waals surface area contributed by atoms with Gasteiger partial charge in [-0.2, -0.15) is 0 Å². The second-order valence-electron chi connectivity index (χ2n) is 8.70. The first-order valence-corrected chi connectivity index (χ1v) is 10.2. The number of piperidine rings is 2. The third-order valence-corrected chi connectivity index (χ3v) is 8.09. The van der Waals surface area contributed by atoms with Crippen LogP contribution in [0.3, 0.4) is 0 Å². The Morgan fingerprint density at radius 2 is 2.18 bits per heavy atom. The zero-order valence-corrected chi connectivity index (χ0v) is 16.6. The molecule has 6 atom stereocenters. The Morgan fingerprint density at radius 1 is 1.36 bits per heavy atom. The fraction of sp³-hybridized carbons (Fsp3) is 0.591. The van der Waals surface area contributed by atoms with E-state index in [1.54, 1.807) is 7.11 Å². The molecule has 0 amide bonds. The van der Waals surface area contributed by atoms with E-state index in [1.165, 1.54) is 18.2 Å². The molecule has 28 heavy (non-hydrogen) atoms. The fourth-order valence-electron chi connectivity index (χ4n) is 7.34. The number of allylic oxidation sites excluding steroid dienone is 1. The Kier molecular flexibility index (Phi) is 3.27. The molecule has 4 aliphatic heterocycles. The van der Waals surface area contributed by atoms with Crippen molar-refractivity contribution in [3.05, 3.63) is 41.5 Å². The lowest BCUT2D eigenvalue weighted by atomic mass is 9.49. The zero-order chi connectivity index (χ0) is 19.3. The number of methoxy groups -OCH3 is 2. The number of nitrogens with zero attached hydrogens (tertiary/aromatic N) is 2. The lowest BCUT2D eigenvalue weighted by Gasteiger charge is -2.61. The Bertz CT molecular complexity index is 900. The number of fused-ring (bicyclic) bond motifs is 4. The minimum atomic E-state index is -0.564. The van der Waals surface area contributed by atoms with Gasteiger partial charge < -0.3 is 19.1 Å². The molecule has 0 radical (unpaired) electrons. The third kappa shape index (κ3) is 1.55. The highest BCUT2D eigenvalue weighted by Gasteiger charge is 2.84. The molecular formula is C22H26N2O4. The Labute approximate surface area is 165 Å². The van der Waals surface area contributed by atoms with Gasteiger partial charge in [0.05, 0.1) is 24.5 Å². The normalized spacial score (nSPS) is 43.5. The number of benzene rings is 1. The largest absolute Gasteiger partial charge is 0.469 e. The number of carbonyl (C=O) groups excluding carboxylic acids is 1. The highest BCUT2D eigenvalue weighted by atomic mass is 16.6. The van der Waals surface area contributed by atoms with E-state index < -0.39 is 11.1 Å². The van der Waals surface area contributed by atoms with E-state index in [4.69, 9.17) is 14.2 Å². The average Bonchev–Trinajstić information content (AvgIpc) is 3.32. The topological polar surface area (TPSA) is 51.2 Å². The van der Waals surface area contributed by atoms with Crippen molar-refractivity contribution in [2.24, 2.45) is 11.8 Å². The molecule has 6 rings (SSSR count). The first-order valence-electron chi connectivity index (χ1n) is 10.2. The molecular weight excluding hydrogens is 356 g/mol. The summed E-state index contributed by atoms with van der Waals surface area (Å²) in [4.78, 5) is 18.1. The molecule has 4 fully saturated rings. The lowest BCUT2D eigenvalue weighted by molar-refractivity contribution is -0.164. The van der Waals surface area contributed by atoms with Crippen LogP contribution < -0.4 is 4.90 Å². The van der Waals surface area contributed by atoms with E-state index >= 15 is 0 Å². The summed E-state index contributed by atoms with van der Waals surface area (Å²) in [6, 6.07) is 8.73. The van der Waals surface area contributed by atoms with E-state index in [9.17, 15) is 4.79 Å². The van der Waals surface area contributed by atoms with E-state index in [-0.39, 0.29) is 30.1 Å². The van der Waals surface area contributed by atoms with Crippen molar-refractivity contribution in [1.29, 1.82) is 0 Å². The van der Waals surface area contributed by atoms with Gasteiger partial charge in [0.2, 0.25) is 0 Å². The second kappa shape index (κ2) is 5.38. The molecule has 0 aromatic heterocycles. The zero-order valence-electron chi connectivity index (χ0n) is 16.6. The van der Waals surface area contributed by atoms with Crippen molar-refractivity contribution in [3.8, 4) is 0 Å². The average molecular weight is 382 g/mol. The van der Waals surface area contributed by atoms with Crippen LogP contribution in [-0.2, 0) is 24.4 Å². The molecule has 0 N–H and O–H groups in total. The molecule has 6 nitrogen and oxygen atoms in total. The lowest BCUT2D eigenvalue weighted by Crippen LogP contribution is -2.75. The molecule has 1 aliphatic carbocycles. The maximum absolute atomic E-state index is 13.3. The number of para-hydroxylation sites is 1. The number of carbonyl (C=O) groups is 1. The molecule has 4 bridgehead atoms. The van der Waals surface area contributed by atoms with E-state index in [1.807, 2.05) is 0 Å². The van der Waals surface area contributed by atoms with Crippen LogP contribution in [0.1, 0.15) is 25.3 Å². The molecule has 1 saturated carbocycles. The number of esters is 1. The van der Waals surface area contributed by atoms with Crippen LogP contribution in [0.25, 0.3) is 0 Å². The standard InChI is InChI=1S/C22H26N2O4/c1-4-13-11-23-17-9-14(13)19(20(25)27-3)21-10-18(23)28-22(17,21)24(12-26-2)16-8-6-5-7-15(16)21/h4-8,14,17-19H,9-12H2,1-3H3/b13-4+/t14-,17-,18-,19-,21-,22-/m0/s1. The van der Waals surface area contributed by atoms with Gasteiger partial charge in [-0.05, 0) is 30.9 Å².